The van der Waals surface area contributed by atoms with Crippen LogP contribution < -0.4 is 0 Å². The first kappa shape index (κ1) is 8.53. The first-order valence-electron chi connectivity index (χ1n) is 4.53. The average molecular weight is 183 g/mol. The summed E-state index contributed by atoms with van der Waals surface area (Å²) in [5, 5.41) is 0. The second kappa shape index (κ2) is 2.72. The molecule has 2 aliphatic rings. The fourth-order valence-corrected chi connectivity index (χ4v) is 2.34. The van der Waals surface area contributed by atoms with Crippen molar-refractivity contribution >= 4 is 11.9 Å². The van der Waals surface area contributed by atoms with E-state index in [-0.39, 0.29) is 23.9 Å². The molecule has 3 atom stereocenters. The van der Waals surface area contributed by atoms with Crippen molar-refractivity contribution < 1.29 is 14.3 Å². The summed E-state index contributed by atoms with van der Waals surface area (Å²) in [4.78, 5) is 23.7. The lowest BCUT2D eigenvalue weighted by Gasteiger charge is -2.40. The predicted molar refractivity (Wildman–Crippen MR) is 44.8 cm³/mol. The van der Waals surface area contributed by atoms with Gasteiger partial charge in [0, 0.05) is 26.4 Å². The van der Waals surface area contributed by atoms with Gasteiger partial charge in [-0.05, 0) is 6.42 Å². The van der Waals surface area contributed by atoms with E-state index in [1.54, 1.807) is 11.9 Å². The van der Waals surface area contributed by atoms with E-state index in [0.717, 1.165) is 6.42 Å². The lowest BCUT2D eigenvalue weighted by atomic mass is 9.92. The van der Waals surface area contributed by atoms with Crippen LogP contribution in [0.15, 0.2) is 0 Å². The minimum absolute atomic E-state index is 0.0404. The second-order valence-electron chi connectivity index (χ2n) is 3.83. The van der Waals surface area contributed by atoms with Crippen LogP contribution in [0.3, 0.4) is 0 Å². The van der Waals surface area contributed by atoms with E-state index in [1.165, 1.54) is 6.92 Å². The number of hydrogen-bond donors (Lipinski definition) is 0. The van der Waals surface area contributed by atoms with Gasteiger partial charge in [0.25, 0.3) is 0 Å². The highest BCUT2D eigenvalue weighted by molar-refractivity contribution is 5.86. The van der Waals surface area contributed by atoms with Crippen LogP contribution in [0.25, 0.3) is 0 Å². The predicted octanol–water partition coefficient (Wildman–Crippen LogP) is 0.169. The zero-order valence-corrected chi connectivity index (χ0v) is 7.82. The van der Waals surface area contributed by atoms with Crippen LogP contribution in [0.1, 0.15) is 19.8 Å². The molecular weight excluding hydrogens is 170 g/mol. The number of amides is 1. The monoisotopic (exact) mass is 183 g/mol. The molecule has 0 aromatic heterocycles. The van der Waals surface area contributed by atoms with Crippen LogP contribution in [0.4, 0.5) is 0 Å². The molecule has 4 nitrogen and oxygen atoms in total. The molecule has 1 aliphatic heterocycles. The Hall–Kier alpha value is -1.06. The van der Waals surface area contributed by atoms with E-state index in [9.17, 15) is 9.59 Å². The zero-order valence-electron chi connectivity index (χ0n) is 7.82. The molecule has 2 fully saturated rings. The van der Waals surface area contributed by atoms with Crippen LogP contribution >= 0.6 is 0 Å². The number of hydrogen-bond acceptors (Lipinski definition) is 3. The largest absolute Gasteiger partial charge is 0.462 e. The van der Waals surface area contributed by atoms with E-state index in [0.29, 0.717) is 12.5 Å². The summed E-state index contributed by atoms with van der Waals surface area (Å²) in [6.45, 7) is 1.41. The molecule has 0 unspecified atom stereocenters. The van der Waals surface area contributed by atoms with E-state index < -0.39 is 0 Å². The molecule has 72 valence electrons. The number of β-lactam (4-membered cyclic amide) rings is 1. The van der Waals surface area contributed by atoms with Gasteiger partial charge in [-0.2, -0.15) is 0 Å². The molecule has 1 saturated heterocycles. The Bertz CT molecular complexity index is 264. The summed E-state index contributed by atoms with van der Waals surface area (Å²) < 4.78 is 5.07. The third-order valence-electron chi connectivity index (χ3n) is 2.98. The maximum absolute atomic E-state index is 11.3. The number of likely N-dealkylation sites (tertiary alicyclic amines) is 1. The molecule has 1 amide bonds. The highest BCUT2D eigenvalue weighted by Crippen LogP contribution is 2.40. The Morgan fingerprint density at radius 2 is 2.23 bits per heavy atom. The van der Waals surface area contributed by atoms with Gasteiger partial charge in [0.05, 0.1) is 5.92 Å². The number of carbonyl (C=O) groups excluding carboxylic acids is 2. The second-order valence-corrected chi connectivity index (χ2v) is 3.83. The van der Waals surface area contributed by atoms with Crippen molar-refractivity contribution in [2.75, 3.05) is 7.05 Å². The SMILES string of the molecule is CC(=O)O[C@H]1C[C@H]2C(=O)N(C)[C@H]2C1. The van der Waals surface area contributed by atoms with Gasteiger partial charge in [0.15, 0.2) is 0 Å². The Morgan fingerprint density at radius 3 is 2.77 bits per heavy atom. The van der Waals surface area contributed by atoms with Crippen LogP contribution in [-0.4, -0.2) is 36.0 Å². The summed E-state index contributed by atoms with van der Waals surface area (Å²) in [5.41, 5.74) is 0. The quantitative estimate of drug-likeness (QED) is 0.430. The van der Waals surface area contributed by atoms with Gasteiger partial charge in [-0.25, -0.2) is 0 Å². The van der Waals surface area contributed by atoms with Gasteiger partial charge in [-0.15, -0.1) is 0 Å². The maximum Gasteiger partial charge on any atom is 0.302 e. The highest BCUT2D eigenvalue weighted by atomic mass is 16.5. The van der Waals surface area contributed by atoms with Crippen molar-refractivity contribution in [3.63, 3.8) is 0 Å². The Morgan fingerprint density at radius 1 is 1.54 bits per heavy atom. The summed E-state index contributed by atoms with van der Waals surface area (Å²) in [7, 11) is 1.81. The minimum atomic E-state index is -0.249. The van der Waals surface area contributed by atoms with Gasteiger partial charge in [-0.1, -0.05) is 0 Å². The molecular formula is C9H13NO3. The highest BCUT2D eigenvalue weighted by Gasteiger charge is 2.52. The van der Waals surface area contributed by atoms with Crippen molar-refractivity contribution in [1.29, 1.82) is 0 Å². The number of rotatable bonds is 1. The molecule has 2 rings (SSSR count). The number of nitrogens with zero attached hydrogens (tertiary/aromatic N) is 1. The van der Waals surface area contributed by atoms with Gasteiger partial charge < -0.3 is 9.64 Å². The Balaban J connectivity index is 1.94. The Labute approximate surface area is 76.8 Å². The molecule has 13 heavy (non-hydrogen) atoms. The van der Waals surface area contributed by atoms with Crippen LogP contribution in [0.2, 0.25) is 0 Å². The van der Waals surface area contributed by atoms with Crippen LogP contribution in [0, 0.1) is 5.92 Å². The molecule has 1 saturated carbocycles. The van der Waals surface area contributed by atoms with Gasteiger partial charge in [0.1, 0.15) is 6.10 Å². The summed E-state index contributed by atoms with van der Waals surface area (Å²) in [5.74, 6) is 0.0652. The fraction of sp³-hybridized carbons (Fsp3) is 0.778. The van der Waals surface area contributed by atoms with E-state index in [1.807, 2.05) is 0 Å². The zero-order chi connectivity index (χ0) is 9.59. The average Bonchev–Trinajstić information content (AvgIpc) is 2.43. The van der Waals surface area contributed by atoms with Crippen molar-refractivity contribution in [2.45, 2.75) is 31.9 Å². The van der Waals surface area contributed by atoms with E-state index >= 15 is 0 Å². The molecule has 0 aromatic carbocycles. The smallest absolute Gasteiger partial charge is 0.302 e. The van der Waals surface area contributed by atoms with Crippen molar-refractivity contribution in [3.8, 4) is 0 Å². The molecule has 0 bridgehead atoms. The third-order valence-corrected chi connectivity index (χ3v) is 2.98. The van der Waals surface area contributed by atoms with Crippen LogP contribution in [-0.2, 0) is 14.3 Å². The van der Waals surface area contributed by atoms with Crippen molar-refractivity contribution in [3.05, 3.63) is 0 Å². The first-order valence-corrected chi connectivity index (χ1v) is 4.53. The summed E-state index contributed by atoms with van der Waals surface area (Å²) in [6.07, 6.45) is 1.49. The standard InChI is InChI=1S/C9H13NO3/c1-5(11)13-6-3-7-8(4-6)10(2)9(7)12/h6-8H,3-4H2,1-2H3/t6-,7+,8-/m0/s1. The number of ether oxygens (including phenoxy) is 1. The van der Waals surface area contributed by atoms with Crippen molar-refractivity contribution in [2.24, 2.45) is 5.92 Å². The molecule has 4 heteroatoms. The van der Waals surface area contributed by atoms with E-state index in [4.69, 9.17) is 4.74 Å². The third kappa shape index (κ3) is 1.20. The molecule has 1 heterocycles. The molecule has 0 radical (unpaired) electrons. The van der Waals surface area contributed by atoms with E-state index in [2.05, 4.69) is 0 Å². The number of esters is 1. The number of fused-ring (bicyclic) bond motifs is 1. The first-order chi connectivity index (χ1) is 6.09. The minimum Gasteiger partial charge on any atom is -0.462 e. The van der Waals surface area contributed by atoms with Gasteiger partial charge in [-0.3, -0.25) is 9.59 Å². The lowest BCUT2D eigenvalue weighted by Crippen LogP contribution is -2.55. The Kier molecular flexibility index (Phi) is 1.78. The normalized spacial score (nSPS) is 36.9. The molecule has 0 N–H and O–H groups in total. The topological polar surface area (TPSA) is 46.6 Å². The number of carbonyl (C=O) groups is 2. The van der Waals surface area contributed by atoms with Crippen molar-refractivity contribution in [1.82, 2.24) is 4.90 Å². The molecule has 0 spiro atoms. The molecule has 0 aromatic rings. The van der Waals surface area contributed by atoms with Gasteiger partial charge >= 0.3 is 5.97 Å². The van der Waals surface area contributed by atoms with Crippen LogP contribution in [0.5, 0.6) is 0 Å². The van der Waals surface area contributed by atoms with Gasteiger partial charge in [0.2, 0.25) is 5.91 Å². The lowest BCUT2D eigenvalue weighted by molar-refractivity contribution is -0.151. The summed E-state index contributed by atoms with van der Waals surface area (Å²) >= 11 is 0. The fourth-order valence-electron chi connectivity index (χ4n) is 2.34. The summed E-state index contributed by atoms with van der Waals surface area (Å²) in [6, 6.07) is 0.317. The molecule has 1 aliphatic carbocycles. The maximum atomic E-state index is 11.3.